The Labute approximate surface area is 156 Å². The lowest BCUT2D eigenvalue weighted by Gasteiger charge is -2.14. The molecule has 0 aromatic heterocycles. The van der Waals surface area contributed by atoms with Crippen LogP contribution in [0.2, 0.25) is 0 Å². The predicted molar refractivity (Wildman–Crippen MR) is 94.9 cm³/mol. The lowest BCUT2D eigenvalue weighted by molar-refractivity contribution is -0.123. The van der Waals surface area contributed by atoms with Gasteiger partial charge in [-0.3, -0.25) is 24.6 Å². The lowest BCUT2D eigenvalue weighted by Crippen LogP contribution is -2.44. The second-order valence-electron chi connectivity index (χ2n) is 6.08. The van der Waals surface area contributed by atoms with Crippen molar-refractivity contribution in [3.63, 3.8) is 0 Å². The van der Waals surface area contributed by atoms with Crippen LogP contribution in [0.1, 0.15) is 43.5 Å². The molecule has 9 heteroatoms. The molecule has 1 fully saturated rings. The van der Waals surface area contributed by atoms with Gasteiger partial charge in [-0.2, -0.15) is 0 Å². The first kappa shape index (κ1) is 20.1. The number of esters is 1. The van der Waals surface area contributed by atoms with Crippen LogP contribution in [0.25, 0.3) is 0 Å². The molecule has 1 aromatic rings. The molecule has 0 spiro atoms. The van der Waals surface area contributed by atoms with Crippen molar-refractivity contribution < 1.29 is 28.7 Å². The molecule has 0 bridgehead atoms. The predicted octanol–water partition coefficient (Wildman–Crippen LogP) is 1.12. The van der Waals surface area contributed by atoms with Gasteiger partial charge in [-0.1, -0.05) is 13.0 Å². The fraction of sp³-hybridized carbons (Fsp3) is 0.389. The monoisotopic (exact) mass is 375 g/mol. The lowest BCUT2D eigenvalue weighted by atomic mass is 10.2. The molecule has 1 aliphatic heterocycles. The molecule has 0 unspecified atom stereocenters. The van der Waals surface area contributed by atoms with Gasteiger partial charge in [-0.25, -0.2) is 9.59 Å². The molecule has 144 valence electrons. The summed E-state index contributed by atoms with van der Waals surface area (Å²) in [6.07, 6.45) is 0.966. The van der Waals surface area contributed by atoms with Gasteiger partial charge in [0.2, 0.25) is 11.8 Å². The van der Waals surface area contributed by atoms with Crippen molar-refractivity contribution in [2.75, 3.05) is 11.5 Å². The SMILES string of the molecule is CC[C@H](C)NC(=O)NC(=O)COC(=O)c1cccc(N2C(=O)CCC2=O)c1. The molecule has 1 heterocycles. The van der Waals surface area contributed by atoms with Gasteiger partial charge in [0, 0.05) is 18.9 Å². The molecular weight excluding hydrogens is 354 g/mol. The molecule has 2 rings (SSSR count). The molecule has 0 aliphatic carbocycles. The summed E-state index contributed by atoms with van der Waals surface area (Å²) in [6.45, 7) is 3.03. The van der Waals surface area contributed by atoms with Gasteiger partial charge in [0.05, 0.1) is 11.3 Å². The van der Waals surface area contributed by atoms with E-state index in [2.05, 4.69) is 10.6 Å². The van der Waals surface area contributed by atoms with E-state index >= 15 is 0 Å². The normalized spacial score (nSPS) is 14.7. The standard InChI is InChI=1S/C18H21N3O6/c1-3-11(2)19-18(26)20-14(22)10-27-17(25)12-5-4-6-13(9-12)21-15(23)7-8-16(21)24/h4-6,9,11H,3,7-8,10H2,1-2H3,(H2,19,20,22,26)/t11-/m0/s1. The van der Waals surface area contributed by atoms with Gasteiger partial charge in [0.1, 0.15) is 0 Å². The van der Waals surface area contributed by atoms with Crippen LogP contribution in [0.15, 0.2) is 24.3 Å². The molecule has 9 nitrogen and oxygen atoms in total. The maximum atomic E-state index is 12.1. The smallest absolute Gasteiger partial charge is 0.338 e. The first-order chi connectivity index (χ1) is 12.8. The molecular formula is C18H21N3O6. The fourth-order valence-electron chi connectivity index (χ4n) is 2.38. The number of hydrogen-bond acceptors (Lipinski definition) is 6. The number of hydrogen-bond donors (Lipinski definition) is 2. The van der Waals surface area contributed by atoms with E-state index in [1.807, 2.05) is 6.92 Å². The number of urea groups is 1. The number of ether oxygens (including phenoxy) is 1. The van der Waals surface area contributed by atoms with Crippen molar-refractivity contribution in [1.82, 2.24) is 10.6 Å². The maximum Gasteiger partial charge on any atom is 0.338 e. The summed E-state index contributed by atoms with van der Waals surface area (Å²) in [7, 11) is 0. The Morgan fingerprint density at radius 3 is 2.48 bits per heavy atom. The van der Waals surface area contributed by atoms with Gasteiger partial charge in [0.25, 0.3) is 5.91 Å². The summed E-state index contributed by atoms with van der Waals surface area (Å²) in [6, 6.07) is 5.05. The van der Waals surface area contributed by atoms with E-state index in [1.54, 1.807) is 6.92 Å². The third-order valence-electron chi connectivity index (χ3n) is 3.97. The summed E-state index contributed by atoms with van der Waals surface area (Å²) in [5.74, 6) is -2.26. The highest BCUT2D eigenvalue weighted by Crippen LogP contribution is 2.23. The van der Waals surface area contributed by atoms with Crippen LogP contribution in [-0.4, -0.2) is 42.4 Å². The Hall–Kier alpha value is -3.23. The number of nitrogens with one attached hydrogen (secondary N) is 2. The van der Waals surface area contributed by atoms with Crippen molar-refractivity contribution in [1.29, 1.82) is 0 Å². The number of nitrogens with zero attached hydrogens (tertiary/aromatic N) is 1. The average molecular weight is 375 g/mol. The van der Waals surface area contributed by atoms with Crippen LogP contribution >= 0.6 is 0 Å². The van der Waals surface area contributed by atoms with Crippen molar-refractivity contribution in [3.8, 4) is 0 Å². The van der Waals surface area contributed by atoms with E-state index < -0.39 is 24.5 Å². The Kier molecular flexibility index (Phi) is 6.64. The van der Waals surface area contributed by atoms with Crippen LogP contribution in [0.3, 0.4) is 0 Å². The van der Waals surface area contributed by atoms with Gasteiger partial charge < -0.3 is 10.1 Å². The van der Waals surface area contributed by atoms with Gasteiger partial charge in [0.15, 0.2) is 6.61 Å². The number of anilines is 1. The summed E-state index contributed by atoms with van der Waals surface area (Å²) < 4.78 is 4.87. The zero-order valence-electron chi connectivity index (χ0n) is 15.1. The van der Waals surface area contributed by atoms with Crippen molar-refractivity contribution in [2.24, 2.45) is 0 Å². The largest absolute Gasteiger partial charge is 0.452 e. The van der Waals surface area contributed by atoms with Gasteiger partial charge >= 0.3 is 12.0 Å². The summed E-state index contributed by atoms with van der Waals surface area (Å²) in [5.41, 5.74) is 0.353. The molecule has 2 N–H and O–H groups in total. The average Bonchev–Trinajstić information content (AvgIpc) is 2.97. The van der Waals surface area contributed by atoms with Crippen LogP contribution in [0.4, 0.5) is 10.5 Å². The molecule has 5 amide bonds. The van der Waals surface area contributed by atoms with Crippen molar-refractivity contribution in [3.05, 3.63) is 29.8 Å². The number of benzene rings is 1. The Balaban J connectivity index is 1.92. The van der Waals surface area contributed by atoms with Crippen LogP contribution < -0.4 is 15.5 Å². The summed E-state index contributed by atoms with van der Waals surface area (Å²) >= 11 is 0. The molecule has 0 saturated carbocycles. The van der Waals surface area contributed by atoms with E-state index in [9.17, 15) is 24.0 Å². The Morgan fingerprint density at radius 2 is 1.85 bits per heavy atom. The zero-order valence-corrected chi connectivity index (χ0v) is 15.1. The summed E-state index contributed by atoms with van der Waals surface area (Å²) in [4.78, 5) is 59.9. The van der Waals surface area contributed by atoms with E-state index in [0.717, 1.165) is 4.90 Å². The molecule has 1 aliphatic rings. The molecule has 1 aromatic carbocycles. The highest BCUT2D eigenvalue weighted by Gasteiger charge is 2.30. The number of rotatable bonds is 6. The fourth-order valence-corrected chi connectivity index (χ4v) is 2.38. The van der Waals surface area contributed by atoms with Gasteiger partial charge in [-0.05, 0) is 31.5 Å². The second-order valence-corrected chi connectivity index (χ2v) is 6.08. The number of carbonyl (C=O) groups is 5. The van der Waals surface area contributed by atoms with Gasteiger partial charge in [-0.15, -0.1) is 0 Å². The minimum atomic E-state index is -0.812. The number of amides is 5. The van der Waals surface area contributed by atoms with Crippen LogP contribution in [0, 0.1) is 0 Å². The highest BCUT2D eigenvalue weighted by molar-refractivity contribution is 6.20. The third kappa shape index (κ3) is 5.37. The number of imide groups is 2. The number of carbonyl (C=O) groups excluding carboxylic acids is 5. The van der Waals surface area contributed by atoms with Crippen LogP contribution in [-0.2, 0) is 19.1 Å². The molecule has 1 atom stereocenters. The molecule has 0 radical (unpaired) electrons. The first-order valence-corrected chi connectivity index (χ1v) is 8.55. The Bertz CT molecular complexity index is 760. The molecule has 1 saturated heterocycles. The first-order valence-electron chi connectivity index (χ1n) is 8.55. The molecule has 27 heavy (non-hydrogen) atoms. The Morgan fingerprint density at radius 1 is 1.19 bits per heavy atom. The third-order valence-corrected chi connectivity index (χ3v) is 3.97. The quantitative estimate of drug-likeness (QED) is 0.568. The second kappa shape index (κ2) is 8.93. The minimum Gasteiger partial charge on any atom is -0.452 e. The minimum absolute atomic E-state index is 0.0804. The van der Waals surface area contributed by atoms with E-state index in [1.165, 1.54) is 24.3 Å². The van der Waals surface area contributed by atoms with Crippen molar-refractivity contribution >= 4 is 35.4 Å². The summed E-state index contributed by atoms with van der Waals surface area (Å²) in [5, 5.41) is 4.60. The van der Waals surface area contributed by atoms with E-state index in [-0.39, 0.29) is 41.9 Å². The topological polar surface area (TPSA) is 122 Å². The van der Waals surface area contributed by atoms with Crippen molar-refractivity contribution in [2.45, 2.75) is 39.2 Å². The van der Waals surface area contributed by atoms with E-state index in [4.69, 9.17) is 4.74 Å². The maximum absolute atomic E-state index is 12.1. The van der Waals surface area contributed by atoms with E-state index in [0.29, 0.717) is 6.42 Å². The van der Waals surface area contributed by atoms with Crippen LogP contribution in [0.5, 0.6) is 0 Å². The highest BCUT2D eigenvalue weighted by atomic mass is 16.5. The zero-order chi connectivity index (χ0) is 20.0.